The van der Waals surface area contributed by atoms with Crippen molar-refractivity contribution in [2.45, 2.75) is 30.6 Å². The minimum absolute atomic E-state index is 0.0617. The molecule has 1 saturated heterocycles. The molecule has 0 bridgehead atoms. The van der Waals surface area contributed by atoms with Gasteiger partial charge < -0.3 is 4.90 Å². The molecule has 3 heterocycles. The normalized spacial score (nSPS) is 18.6. The van der Waals surface area contributed by atoms with Crippen molar-refractivity contribution in [2.75, 3.05) is 19.3 Å². The zero-order valence-corrected chi connectivity index (χ0v) is 14.5. The number of carbonyl (C=O) groups is 1. The Morgan fingerprint density at radius 1 is 1.33 bits per heavy atom. The molecular weight excluding hydrogens is 328 g/mol. The number of likely N-dealkylation sites (tertiary alicyclic amines) is 1. The van der Waals surface area contributed by atoms with Gasteiger partial charge in [0.15, 0.2) is 9.84 Å². The summed E-state index contributed by atoms with van der Waals surface area (Å²) in [6.45, 7) is 3.00. The molecule has 0 aromatic carbocycles. The lowest BCUT2D eigenvalue weighted by molar-refractivity contribution is 0.0704. The van der Waals surface area contributed by atoms with Gasteiger partial charge in [0.1, 0.15) is 4.90 Å². The van der Waals surface area contributed by atoms with Gasteiger partial charge in [0, 0.05) is 37.2 Å². The molecule has 0 aliphatic carbocycles. The standard InChI is InChI=1S/C16H20N4O3S/c1-11-5-6-12(8-17-11)16(21)20-7-3-4-13(10-20)15-14(9-18-19-15)24(2,22)23/h5-6,8-9,13H,3-4,7,10H2,1-2H3,(H,18,19)/t13-/m0/s1. The number of hydrogen-bond donors (Lipinski definition) is 1. The predicted octanol–water partition coefficient (Wildman–Crippen LogP) is 1.54. The van der Waals surface area contributed by atoms with Crippen LogP contribution in [0.25, 0.3) is 0 Å². The Morgan fingerprint density at radius 3 is 2.79 bits per heavy atom. The van der Waals surface area contributed by atoms with E-state index in [9.17, 15) is 13.2 Å². The number of hydrogen-bond acceptors (Lipinski definition) is 5. The highest BCUT2D eigenvalue weighted by molar-refractivity contribution is 7.90. The molecule has 1 fully saturated rings. The van der Waals surface area contributed by atoms with E-state index in [0.717, 1.165) is 18.5 Å². The Bertz CT molecular complexity index is 842. The van der Waals surface area contributed by atoms with Crippen LogP contribution >= 0.6 is 0 Å². The minimum atomic E-state index is -3.34. The highest BCUT2D eigenvalue weighted by Crippen LogP contribution is 2.30. The molecule has 8 heteroatoms. The maximum atomic E-state index is 12.6. The van der Waals surface area contributed by atoms with Crippen LogP contribution in [0.15, 0.2) is 29.4 Å². The van der Waals surface area contributed by atoms with Gasteiger partial charge in [-0.25, -0.2) is 8.42 Å². The number of rotatable bonds is 3. The number of nitrogens with zero attached hydrogens (tertiary/aromatic N) is 3. The van der Waals surface area contributed by atoms with Crippen LogP contribution in [0.4, 0.5) is 0 Å². The third-order valence-corrected chi connectivity index (χ3v) is 5.43. The molecule has 0 saturated carbocycles. The SMILES string of the molecule is Cc1ccc(C(=O)N2CCC[C@H](c3[nH]ncc3S(C)(=O)=O)C2)cn1. The van der Waals surface area contributed by atoms with Crippen LogP contribution in [0.5, 0.6) is 0 Å². The summed E-state index contributed by atoms with van der Waals surface area (Å²) in [6, 6.07) is 3.58. The predicted molar refractivity (Wildman–Crippen MR) is 88.6 cm³/mol. The summed E-state index contributed by atoms with van der Waals surface area (Å²) in [5.41, 5.74) is 2.00. The Balaban J connectivity index is 1.81. The first-order chi connectivity index (χ1) is 11.4. The molecule has 0 radical (unpaired) electrons. The summed E-state index contributed by atoms with van der Waals surface area (Å²) in [5, 5.41) is 6.69. The van der Waals surface area contributed by atoms with E-state index in [2.05, 4.69) is 15.2 Å². The van der Waals surface area contributed by atoms with Gasteiger partial charge in [-0.05, 0) is 31.9 Å². The molecule has 1 aliphatic heterocycles. The maximum Gasteiger partial charge on any atom is 0.255 e. The Hall–Kier alpha value is -2.22. The van der Waals surface area contributed by atoms with E-state index in [1.807, 2.05) is 13.0 Å². The fourth-order valence-electron chi connectivity index (χ4n) is 3.05. The van der Waals surface area contributed by atoms with Crippen LogP contribution in [0.3, 0.4) is 0 Å². The first kappa shape index (κ1) is 16.6. The smallest absolute Gasteiger partial charge is 0.255 e. The van der Waals surface area contributed by atoms with E-state index >= 15 is 0 Å². The maximum absolute atomic E-state index is 12.6. The topological polar surface area (TPSA) is 96.0 Å². The Labute approximate surface area is 141 Å². The summed E-state index contributed by atoms with van der Waals surface area (Å²) in [7, 11) is -3.34. The van der Waals surface area contributed by atoms with Crippen molar-refractivity contribution >= 4 is 15.7 Å². The van der Waals surface area contributed by atoms with Gasteiger partial charge in [-0.1, -0.05) is 0 Å². The molecule has 128 valence electrons. The number of H-pyrrole nitrogens is 1. The Kier molecular flexibility index (Phi) is 4.40. The molecule has 1 aliphatic rings. The highest BCUT2D eigenvalue weighted by atomic mass is 32.2. The summed E-state index contributed by atoms with van der Waals surface area (Å²) < 4.78 is 23.8. The fraction of sp³-hybridized carbons (Fsp3) is 0.438. The number of aryl methyl sites for hydroxylation is 1. The van der Waals surface area contributed by atoms with Crippen molar-refractivity contribution in [3.05, 3.63) is 41.5 Å². The second kappa shape index (κ2) is 6.35. The van der Waals surface area contributed by atoms with Crippen LogP contribution in [0.1, 0.15) is 40.5 Å². The quantitative estimate of drug-likeness (QED) is 0.907. The van der Waals surface area contributed by atoms with Crippen molar-refractivity contribution < 1.29 is 13.2 Å². The van der Waals surface area contributed by atoms with Gasteiger partial charge in [-0.15, -0.1) is 0 Å². The van der Waals surface area contributed by atoms with Gasteiger partial charge in [-0.3, -0.25) is 14.9 Å². The molecule has 1 atom stereocenters. The third-order valence-electron chi connectivity index (χ3n) is 4.31. The first-order valence-corrected chi connectivity index (χ1v) is 9.70. The summed E-state index contributed by atoms with van der Waals surface area (Å²) >= 11 is 0. The third kappa shape index (κ3) is 3.33. The van der Waals surface area contributed by atoms with Crippen LogP contribution in [0, 0.1) is 6.92 Å². The van der Waals surface area contributed by atoms with Crippen LogP contribution in [-0.2, 0) is 9.84 Å². The number of aromatic amines is 1. The number of nitrogens with one attached hydrogen (secondary N) is 1. The zero-order chi connectivity index (χ0) is 17.3. The van der Waals surface area contributed by atoms with E-state index in [-0.39, 0.29) is 16.7 Å². The molecule has 3 rings (SSSR count). The molecule has 2 aromatic rings. The lowest BCUT2D eigenvalue weighted by Gasteiger charge is -2.32. The number of sulfone groups is 1. The van der Waals surface area contributed by atoms with E-state index in [0.29, 0.717) is 24.3 Å². The van der Waals surface area contributed by atoms with E-state index in [1.165, 1.54) is 12.5 Å². The van der Waals surface area contributed by atoms with Gasteiger partial charge in [-0.2, -0.15) is 5.10 Å². The van der Waals surface area contributed by atoms with Crippen LogP contribution in [-0.4, -0.2) is 53.8 Å². The van der Waals surface area contributed by atoms with Gasteiger partial charge >= 0.3 is 0 Å². The number of pyridine rings is 1. The largest absolute Gasteiger partial charge is 0.338 e. The van der Waals surface area contributed by atoms with E-state index in [4.69, 9.17) is 0 Å². The summed E-state index contributed by atoms with van der Waals surface area (Å²) in [6.07, 6.45) is 5.73. The molecule has 24 heavy (non-hydrogen) atoms. The molecule has 2 aromatic heterocycles. The number of carbonyl (C=O) groups excluding carboxylic acids is 1. The lowest BCUT2D eigenvalue weighted by atomic mass is 9.94. The number of piperidine rings is 1. The molecular formula is C16H20N4O3S. The van der Waals surface area contributed by atoms with Gasteiger partial charge in [0.25, 0.3) is 5.91 Å². The minimum Gasteiger partial charge on any atom is -0.338 e. The monoisotopic (exact) mass is 348 g/mol. The molecule has 1 amide bonds. The van der Waals surface area contributed by atoms with Crippen molar-refractivity contribution in [3.8, 4) is 0 Å². The molecule has 0 unspecified atom stereocenters. The van der Waals surface area contributed by atoms with Crippen molar-refractivity contribution in [1.82, 2.24) is 20.1 Å². The van der Waals surface area contributed by atoms with Crippen molar-refractivity contribution in [3.63, 3.8) is 0 Å². The highest BCUT2D eigenvalue weighted by Gasteiger charge is 2.30. The average molecular weight is 348 g/mol. The van der Waals surface area contributed by atoms with Crippen LogP contribution in [0.2, 0.25) is 0 Å². The van der Waals surface area contributed by atoms with Crippen molar-refractivity contribution in [2.24, 2.45) is 0 Å². The van der Waals surface area contributed by atoms with Gasteiger partial charge in [0.2, 0.25) is 0 Å². The average Bonchev–Trinajstić information content (AvgIpc) is 3.05. The molecule has 0 spiro atoms. The summed E-state index contributed by atoms with van der Waals surface area (Å²) in [5.74, 6) is -0.138. The lowest BCUT2D eigenvalue weighted by Crippen LogP contribution is -2.39. The Morgan fingerprint density at radius 2 is 2.12 bits per heavy atom. The van der Waals surface area contributed by atoms with Crippen molar-refractivity contribution in [1.29, 1.82) is 0 Å². The van der Waals surface area contributed by atoms with Gasteiger partial charge in [0.05, 0.1) is 17.5 Å². The molecule has 1 N–H and O–H groups in total. The molecule has 7 nitrogen and oxygen atoms in total. The fourth-order valence-corrected chi connectivity index (χ4v) is 3.90. The first-order valence-electron chi connectivity index (χ1n) is 7.81. The summed E-state index contributed by atoms with van der Waals surface area (Å²) in [4.78, 5) is 18.8. The zero-order valence-electron chi connectivity index (χ0n) is 13.7. The number of aromatic nitrogens is 3. The van der Waals surface area contributed by atoms with E-state index in [1.54, 1.807) is 17.2 Å². The number of amides is 1. The van der Waals surface area contributed by atoms with E-state index < -0.39 is 9.84 Å². The second-order valence-electron chi connectivity index (χ2n) is 6.20. The van der Waals surface area contributed by atoms with Crippen LogP contribution < -0.4 is 0 Å². The second-order valence-corrected chi connectivity index (χ2v) is 8.18.